The highest BCUT2D eigenvalue weighted by Crippen LogP contribution is 2.60. The van der Waals surface area contributed by atoms with Gasteiger partial charge in [-0.15, -0.1) is 0 Å². The molecule has 2 aliphatic rings. The molecule has 4 nitrogen and oxygen atoms in total. The van der Waals surface area contributed by atoms with Crippen LogP contribution in [0, 0.1) is 11.6 Å². The molecule has 0 unspecified atom stereocenters. The van der Waals surface area contributed by atoms with E-state index in [0.717, 1.165) is 28.6 Å². The van der Waals surface area contributed by atoms with Crippen LogP contribution in [-0.2, 0) is 0 Å². The Kier molecular flexibility index (Phi) is 3.84. The average molecular weight is 445 g/mol. The summed E-state index contributed by atoms with van der Waals surface area (Å²) in [5.74, 6) is -0.650. The van der Waals surface area contributed by atoms with E-state index in [1.807, 2.05) is 0 Å². The zero-order chi connectivity index (χ0) is 18.8. The molecule has 0 saturated heterocycles. The fourth-order valence-electron chi connectivity index (χ4n) is 2.82. The van der Waals surface area contributed by atoms with Crippen molar-refractivity contribution in [3.63, 3.8) is 0 Å². The summed E-state index contributed by atoms with van der Waals surface area (Å²) in [6.07, 6.45) is 0. The van der Waals surface area contributed by atoms with Gasteiger partial charge in [0, 0.05) is 12.1 Å². The maximum atomic E-state index is 13.5. The minimum Gasteiger partial charge on any atom is -0.237 e. The Morgan fingerprint density at radius 1 is 0.500 bits per heavy atom. The number of hydrogen-bond acceptors (Lipinski definition) is 8. The Morgan fingerprint density at radius 2 is 0.857 bits per heavy atom. The van der Waals surface area contributed by atoms with Crippen LogP contribution in [0.2, 0.25) is 0 Å². The molecule has 4 aromatic rings. The summed E-state index contributed by atoms with van der Waals surface area (Å²) in [4.78, 5) is 18.3. The van der Waals surface area contributed by atoms with E-state index >= 15 is 0 Å². The lowest BCUT2D eigenvalue weighted by Gasteiger charge is -1.99. The smallest absolute Gasteiger partial charge is 0.135 e. The molecule has 0 spiro atoms. The largest absolute Gasteiger partial charge is 0.237 e. The Bertz CT molecular complexity index is 1260. The lowest BCUT2D eigenvalue weighted by Crippen LogP contribution is -1.88. The predicted molar refractivity (Wildman–Crippen MR) is 109 cm³/mol. The molecule has 0 saturated carbocycles. The molecular weight excluding hydrogens is 438 g/mol. The average Bonchev–Trinajstić information content (AvgIpc) is 3.27. The van der Waals surface area contributed by atoms with Gasteiger partial charge < -0.3 is 0 Å². The van der Waals surface area contributed by atoms with Crippen molar-refractivity contribution in [1.82, 2.24) is 19.9 Å². The van der Waals surface area contributed by atoms with Gasteiger partial charge >= 0.3 is 0 Å². The van der Waals surface area contributed by atoms with Crippen LogP contribution in [0.15, 0.2) is 65.0 Å². The maximum Gasteiger partial charge on any atom is 0.135 e. The standard InChI is InChI=1S/C18H6F2N4S4/c19-7-1-3-9-11(5-7)23-15-13(21-9)25-17(27-15)18-26-14-16(28-18)24-12-6-8(20)2-4-10(12)22-14/h1-6H/b18-17-. The Labute approximate surface area is 174 Å². The molecule has 2 aromatic heterocycles. The predicted octanol–water partition coefficient (Wildman–Crippen LogP) is 6.07. The number of fused-ring (bicyclic) bond motifs is 4. The van der Waals surface area contributed by atoms with Crippen molar-refractivity contribution in [3.8, 4) is 0 Å². The second-order valence-corrected chi connectivity index (χ2v) is 10.4. The molecule has 0 aliphatic carbocycles. The third-order valence-corrected chi connectivity index (χ3v) is 9.30. The summed E-state index contributed by atoms with van der Waals surface area (Å²) < 4.78 is 29.0. The Balaban J connectivity index is 1.38. The summed E-state index contributed by atoms with van der Waals surface area (Å²) in [7, 11) is 0. The van der Waals surface area contributed by atoms with E-state index in [2.05, 4.69) is 19.9 Å². The number of halogens is 2. The number of aromatic nitrogens is 4. The van der Waals surface area contributed by atoms with Crippen LogP contribution in [0.4, 0.5) is 8.78 Å². The Morgan fingerprint density at radius 3 is 1.25 bits per heavy atom. The fourth-order valence-corrected chi connectivity index (χ4v) is 7.74. The van der Waals surface area contributed by atoms with Crippen molar-refractivity contribution in [2.24, 2.45) is 0 Å². The van der Waals surface area contributed by atoms with Gasteiger partial charge in [-0.2, -0.15) is 0 Å². The molecule has 0 fully saturated rings. The molecule has 6 rings (SSSR count). The molecule has 28 heavy (non-hydrogen) atoms. The molecule has 2 aliphatic heterocycles. The molecule has 2 aromatic carbocycles. The van der Waals surface area contributed by atoms with E-state index in [4.69, 9.17) is 0 Å². The zero-order valence-electron chi connectivity index (χ0n) is 13.6. The van der Waals surface area contributed by atoms with Crippen LogP contribution in [0.3, 0.4) is 0 Å². The molecule has 0 atom stereocenters. The van der Waals surface area contributed by atoms with Crippen LogP contribution in [0.5, 0.6) is 0 Å². The van der Waals surface area contributed by atoms with Gasteiger partial charge in [-0.1, -0.05) is 47.0 Å². The molecule has 4 heterocycles. The van der Waals surface area contributed by atoms with Crippen molar-refractivity contribution >= 4 is 69.1 Å². The number of rotatable bonds is 0. The highest BCUT2D eigenvalue weighted by Gasteiger charge is 2.30. The van der Waals surface area contributed by atoms with Gasteiger partial charge in [-0.3, -0.25) is 0 Å². The minimum absolute atomic E-state index is 0.325. The highest BCUT2D eigenvalue weighted by atomic mass is 32.2. The molecule has 0 N–H and O–H groups in total. The monoisotopic (exact) mass is 444 g/mol. The maximum absolute atomic E-state index is 13.5. The first-order valence-corrected chi connectivity index (χ1v) is 11.3. The van der Waals surface area contributed by atoms with E-state index in [9.17, 15) is 8.78 Å². The van der Waals surface area contributed by atoms with Gasteiger partial charge in [0.2, 0.25) is 0 Å². The fraction of sp³-hybridized carbons (Fsp3) is 0. The van der Waals surface area contributed by atoms with Crippen molar-refractivity contribution < 1.29 is 8.78 Å². The van der Waals surface area contributed by atoms with E-state index in [-0.39, 0.29) is 11.6 Å². The lowest BCUT2D eigenvalue weighted by atomic mass is 10.3. The van der Waals surface area contributed by atoms with Crippen LogP contribution in [0.1, 0.15) is 0 Å². The number of nitrogens with zero attached hydrogens (tertiary/aromatic N) is 4. The van der Waals surface area contributed by atoms with E-state index in [1.165, 1.54) is 47.8 Å². The van der Waals surface area contributed by atoms with E-state index in [0.29, 0.717) is 22.1 Å². The molecule has 0 bridgehead atoms. The second-order valence-electron chi connectivity index (χ2n) is 5.92. The normalized spacial score (nSPS) is 18.1. The molecule has 0 amide bonds. The van der Waals surface area contributed by atoms with Gasteiger partial charge in [-0.25, -0.2) is 28.7 Å². The van der Waals surface area contributed by atoms with Crippen LogP contribution < -0.4 is 0 Å². The number of benzene rings is 2. The third-order valence-electron chi connectivity index (χ3n) is 4.05. The van der Waals surface area contributed by atoms with E-state index < -0.39 is 0 Å². The van der Waals surface area contributed by atoms with Gasteiger partial charge in [0.05, 0.1) is 30.5 Å². The van der Waals surface area contributed by atoms with Crippen molar-refractivity contribution in [3.05, 3.63) is 56.5 Å². The number of hydrogen-bond donors (Lipinski definition) is 0. The van der Waals surface area contributed by atoms with Crippen LogP contribution >= 0.6 is 47.0 Å². The van der Waals surface area contributed by atoms with Gasteiger partial charge in [0.1, 0.15) is 31.7 Å². The summed E-state index contributed by atoms with van der Waals surface area (Å²) >= 11 is 6.14. The summed E-state index contributed by atoms with van der Waals surface area (Å²) in [6.45, 7) is 0. The van der Waals surface area contributed by atoms with Gasteiger partial charge in [0.25, 0.3) is 0 Å². The topological polar surface area (TPSA) is 51.6 Å². The second kappa shape index (κ2) is 6.31. The minimum atomic E-state index is -0.325. The van der Waals surface area contributed by atoms with Crippen molar-refractivity contribution in [2.45, 2.75) is 20.1 Å². The third kappa shape index (κ3) is 2.78. The lowest BCUT2D eigenvalue weighted by molar-refractivity contribution is 0.628. The SMILES string of the molecule is Fc1ccc2nc3c(nc2c1)S/C(=C1/Sc2nc4ccc(F)cc4nc2S1)S3. The molecule has 10 heteroatoms. The quantitative estimate of drug-likeness (QED) is 0.324. The van der Waals surface area contributed by atoms with E-state index in [1.54, 1.807) is 35.7 Å². The summed E-state index contributed by atoms with van der Waals surface area (Å²) in [5.41, 5.74) is 2.44. The molecular formula is C18H6F2N4S4. The first-order valence-electron chi connectivity index (χ1n) is 8.03. The summed E-state index contributed by atoms with van der Waals surface area (Å²) in [6, 6.07) is 8.85. The highest BCUT2D eigenvalue weighted by molar-refractivity contribution is 8.30. The molecule has 0 radical (unpaired) electrons. The zero-order valence-corrected chi connectivity index (χ0v) is 16.9. The van der Waals surface area contributed by atoms with Gasteiger partial charge in [-0.05, 0) is 24.3 Å². The van der Waals surface area contributed by atoms with Crippen LogP contribution in [0.25, 0.3) is 22.1 Å². The van der Waals surface area contributed by atoms with Gasteiger partial charge in [0.15, 0.2) is 0 Å². The van der Waals surface area contributed by atoms with Crippen LogP contribution in [-0.4, -0.2) is 19.9 Å². The Hall–Kier alpha value is -1.88. The van der Waals surface area contributed by atoms with Crippen molar-refractivity contribution in [2.75, 3.05) is 0 Å². The first-order chi connectivity index (χ1) is 13.6. The van der Waals surface area contributed by atoms with Crippen molar-refractivity contribution in [1.29, 1.82) is 0 Å². The number of thioether (sulfide) groups is 4. The summed E-state index contributed by atoms with van der Waals surface area (Å²) in [5, 5.41) is 3.18. The molecule has 136 valence electrons. The first kappa shape index (κ1) is 17.0.